The van der Waals surface area contributed by atoms with Crippen LogP contribution in [-0.2, 0) is 0 Å². The lowest BCUT2D eigenvalue weighted by molar-refractivity contribution is 0.0255. The predicted molar refractivity (Wildman–Crippen MR) is 68.1 cm³/mol. The van der Waals surface area contributed by atoms with E-state index < -0.39 is 5.60 Å². The van der Waals surface area contributed by atoms with Gasteiger partial charge < -0.3 is 5.11 Å². The average Bonchev–Trinajstić information content (AvgIpc) is 2.43. The van der Waals surface area contributed by atoms with Gasteiger partial charge in [0.1, 0.15) is 0 Å². The number of fused-ring (bicyclic) bond motifs is 1. The fraction of sp³-hybridized carbons (Fsp3) is 0.733. The van der Waals surface area contributed by atoms with Crippen molar-refractivity contribution < 1.29 is 5.11 Å². The maximum Gasteiger partial charge on any atom is 0.0885 e. The Balaban J connectivity index is 2.27. The van der Waals surface area contributed by atoms with Crippen LogP contribution < -0.4 is 0 Å². The Kier molecular flexibility index (Phi) is 3.00. The fourth-order valence-electron chi connectivity index (χ4n) is 3.61. The van der Waals surface area contributed by atoms with Crippen LogP contribution in [0.1, 0.15) is 46.0 Å². The van der Waals surface area contributed by atoms with Gasteiger partial charge in [-0.2, -0.15) is 0 Å². The monoisotopic (exact) mass is 220 g/mol. The zero-order valence-corrected chi connectivity index (χ0v) is 10.6. The van der Waals surface area contributed by atoms with Crippen LogP contribution in [0, 0.1) is 17.8 Å². The standard InChI is InChI=1S/C15H24O/c1-10(2)13-6-5-12(4)15(16)8-7-11(3)14(15)9-13/h11,13-14,16H,1,4-9H2,2-3H3/t11-,13+,14-,15+/m0/s1. The maximum atomic E-state index is 10.8. The van der Waals surface area contributed by atoms with E-state index >= 15 is 0 Å². The highest BCUT2D eigenvalue weighted by molar-refractivity contribution is 5.21. The zero-order valence-electron chi connectivity index (χ0n) is 10.6. The van der Waals surface area contributed by atoms with Crippen molar-refractivity contribution in [1.82, 2.24) is 0 Å². The Morgan fingerprint density at radius 1 is 1.44 bits per heavy atom. The molecule has 0 aliphatic heterocycles. The van der Waals surface area contributed by atoms with Crippen LogP contribution in [0.3, 0.4) is 0 Å². The third-order valence-corrected chi connectivity index (χ3v) is 4.92. The van der Waals surface area contributed by atoms with Crippen molar-refractivity contribution in [2.24, 2.45) is 17.8 Å². The molecule has 0 aromatic rings. The molecule has 0 heterocycles. The van der Waals surface area contributed by atoms with Crippen molar-refractivity contribution >= 4 is 0 Å². The lowest BCUT2D eigenvalue weighted by atomic mass is 9.78. The quantitative estimate of drug-likeness (QED) is 0.668. The first-order valence-corrected chi connectivity index (χ1v) is 6.51. The first-order valence-electron chi connectivity index (χ1n) is 6.51. The van der Waals surface area contributed by atoms with Crippen LogP contribution in [0.4, 0.5) is 0 Å². The normalized spacial score (nSPS) is 43.9. The summed E-state index contributed by atoms with van der Waals surface area (Å²) < 4.78 is 0. The van der Waals surface area contributed by atoms with Crippen molar-refractivity contribution in [2.45, 2.75) is 51.6 Å². The number of hydrogen-bond acceptors (Lipinski definition) is 1. The van der Waals surface area contributed by atoms with E-state index in [1.165, 1.54) is 5.57 Å². The van der Waals surface area contributed by atoms with E-state index in [0.717, 1.165) is 37.7 Å². The van der Waals surface area contributed by atoms with Crippen molar-refractivity contribution in [3.63, 3.8) is 0 Å². The van der Waals surface area contributed by atoms with Gasteiger partial charge in [-0.05, 0) is 62.4 Å². The largest absolute Gasteiger partial charge is 0.385 e. The van der Waals surface area contributed by atoms with Crippen molar-refractivity contribution in [2.75, 3.05) is 0 Å². The molecular formula is C15H24O. The summed E-state index contributed by atoms with van der Waals surface area (Å²) in [7, 11) is 0. The van der Waals surface area contributed by atoms with Gasteiger partial charge in [0.25, 0.3) is 0 Å². The lowest BCUT2D eigenvalue weighted by Crippen LogP contribution is -2.36. The van der Waals surface area contributed by atoms with Gasteiger partial charge in [0.05, 0.1) is 5.60 Å². The SMILES string of the molecule is C=C(C)[C@@H]1CCC(=C)[C@]2(O)CC[C@H](C)[C@@H]2C1. The molecule has 0 aromatic heterocycles. The van der Waals surface area contributed by atoms with E-state index in [9.17, 15) is 5.11 Å². The molecule has 2 aliphatic rings. The molecule has 1 heteroatoms. The first-order chi connectivity index (χ1) is 7.45. The second-order valence-corrected chi connectivity index (χ2v) is 5.97. The van der Waals surface area contributed by atoms with Crippen LogP contribution in [0.5, 0.6) is 0 Å². The Labute approximate surface area is 99.3 Å². The highest BCUT2D eigenvalue weighted by atomic mass is 16.3. The van der Waals surface area contributed by atoms with Crippen molar-refractivity contribution in [3.8, 4) is 0 Å². The fourth-order valence-corrected chi connectivity index (χ4v) is 3.61. The molecule has 2 fully saturated rings. The van der Waals surface area contributed by atoms with Crippen LogP contribution in [0.2, 0.25) is 0 Å². The van der Waals surface area contributed by atoms with Gasteiger partial charge in [0.15, 0.2) is 0 Å². The average molecular weight is 220 g/mol. The van der Waals surface area contributed by atoms with Gasteiger partial charge in [-0.1, -0.05) is 25.7 Å². The molecule has 2 aliphatic carbocycles. The van der Waals surface area contributed by atoms with Crippen molar-refractivity contribution in [1.29, 1.82) is 0 Å². The smallest absolute Gasteiger partial charge is 0.0885 e. The summed E-state index contributed by atoms with van der Waals surface area (Å²) in [5, 5.41) is 10.8. The third kappa shape index (κ3) is 1.75. The Morgan fingerprint density at radius 3 is 2.75 bits per heavy atom. The van der Waals surface area contributed by atoms with E-state index in [4.69, 9.17) is 0 Å². The van der Waals surface area contributed by atoms with Crippen LogP contribution in [-0.4, -0.2) is 10.7 Å². The van der Waals surface area contributed by atoms with E-state index in [-0.39, 0.29) is 0 Å². The minimum atomic E-state index is -0.566. The Morgan fingerprint density at radius 2 is 2.12 bits per heavy atom. The van der Waals surface area contributed by atoms with Gasteiger partial charge in [0, 0.05) is 0 Å². The van der Waals surface area contributed by atoms with Crippen LogP contribution >= 0.6 is 0 Å². The molecule has 2 rings (SSSR count). The summed E-state index contributed by atoms with van der Waals surface area (Å²) in [4.78, 5) is 0. The maximum absolute atomic E-state index is 10.8. The molecule has 1 N–H and O–H groups in total. The molecule has 0 bridgehead atoms. The molecular weight excluding hydrogens is 196 g/mol. The van der Waals surface area contributed by atoms with Gasteiger partial charge in [0.2, 0.25) is 0 Å². The van der Waals surface area contributed by atoms with E-state index in [1.807, 2.05) is 0 Å². The summed E-state index contributed by atoms with van der Waals surface area (Å²) in [6.45, 7) is 12.6. The highest BCUT2D eigenvalue weighted by Crippen LogP contribution is 2.51. The van der Waals surface area contributed by atoms with E-state index in [0.29, 0.717) is 17.8 Å². The van der Waals surface area contributed by atoms with Gasteiger partial charge in [-0.3, -0.25) is 0 Å². The van der Waals surface area contributed by atoms with Crippen molar-refractivity contribution in [3.05, 3.63) is 24.3 Å². The van der Waals surface area contributed by atoms with Gasteiger partial charge in [-0.25, -0.2) is 0 Å². The first kappa shape index (κ1) is 11.9. The highest BCUT2D eigenvalue weighted by Gasteiger charge is 2.48. The number of hydrogen-bond donors (Lipinski definition) is 1. The second-order valence-electron chi connectivity index (χ2n) is 5.97. The molecule has 16 heavy (non-hydrogen) atoms. The summed E-state index contributed by atoms with van der Waals surface area (Å²) in [6.07, 6.45) is 5.26. The molecule has 0 aromatic carbocycles. The summed E-state index contributed by atoms with van der Waals surface area (Å²) in [5.41, 5.74) is 1.78. The molecule has 0 spiro atoms. The topological polar surface area (TPSA) is 20.2 Å². The summed E-state index contributed by atoms with van der Waals surface area (Å²) in [5.74, 6) is 1.61. The summed E-state index contributed by atoms with van der Waals surface area (Å²) in [6, 6.07) is 0. The zero-order chi connectivity index (χ0) is 11.9. The lowest BCUT2D eigenvalue weighted by Gasteiger charge is -2.32. The molecule has 90 valence electrons. The van der Waals surface area contributed by atoms with Gasteiger partial charge >= 0.3 is 0 Å². The van der Waals surface area contributed by atoms with E-state index in [1.54, 1.807) is 0 Å². The van der Waals surface area contributed by atoms with Crippen LogP contribution in [0.15, 0.2) is 24.3 Å². The molecule has 1 nitrogen and oxygen atoms in total. The Bertz CT molecular complexity index is 317. The number of aliphatic hydroxyl groups is 1. The molecule has 2 saturated carbocycles. The van der Waals surface area contributed by atoms with Crippen LogP contribution in [0.25, 0.3) is 0 Å². The molecule has 0 saturated heterocycles. The predicted octanol–water partition coefficient (Wildman–Crippen LogP) is 3.70. The number of rotatable bonds is 1. The minimum Gasteiger partial charge on any atom is -0.385 e. The number of allylic oxidation sites excluding steroid dienone is 1. The third-order valence-electron chi connectivity index (χ3n) is 4.92. The summed E-state index contributed by atoms with van der Waals surface area (Å²) >= 11 is 0. The minimum absolute atomic E-state index is 0.407. The molecule has 0 radical (unpaired) electrons. The second kappa shape index (κ2) is 4.03. The van der Waals surface area contributed by atoms with Gasteiger partial charge in [-0.15, -0.1) is 0 Å². The molecule has 4 atom stereocenters. The Hall–Kier alpha value is -0.560. The molecule has 0 amide bonds. The molecule has 0 unspecified atom stereocenters. The van der Waals surface area contributed by atoms with E-state index in [2.05, 4.69) is 27.0 Å².